The third-order valence-corrected chi connectivity index (χ3v) is 4.31. The normalized spacial score (nSPS) is 16.6. The SMILES string of the molecule is CCCNC(=O)c1ccc(NC2CCCCCCC2)c(N)c1. The van der Waals surface area contributed by atoms with E-state index in [9.17, 15) is 4.79 Å². The fourth-order valence-corrected chi connectivity index (χ4v) is 3.00. The van der Waals surface area contributed by atoms with Crippen LogP contribution >= 0.6 is 0 Å². The van der Waals surface area contributed by atoms with Gasteiger partial charge in [-0.1, -0.05) is 39.0 Å². The first-order valence-corrected chi connectivity index (χ1v) is 8.65. The van der Waals surface area contributed by atoms with E-state index in [0.717, 1.165) is 12.1 Å². The lowest BCUT2D eigenvalue weighted by atomic mass is 9.96. The van der Waals surface area contributed by atoms with Gasteiger partial charge in [-0.25, -0.2) is 0 Å². The van der Waals surface area contributed by atoms with Crippen LogP contribution in [0.1, 0.15) is 68.6 Å². The van der Waals surface area contributed by atoms with Crippen LogP contribution in [0.4, 0.5) is 11.4 Å². The van der Waals surface area contributed by atoms with Crippen molar-refractivity contribution in [3.63, 3.8) is 0 Å². The predicted octanol–water partition coefficient (Wildman–Crippen LogP) is 3.93. The summed E-state index contributed by atoms with van der Waals surface area (Å²) in [6, 6.07) is 6.07. The highest BCUT2D eigenvalue weighted by Gasteiger charge is 2.13. The van der Waals surface area contributed by atoms with Gasteiger partial charge in [0.1, 0.15) is 0 Å². The summed E-state index contributed by atoms with van der Waals surface area (Å²) < 4.78 is 0. The molecule has 122 valence electrons. The van der Waals surface area contributed by atoms with Crippen molar-refractivity contribution in [2.45, 2.75) is 64.3 Å². The van der Waals surface area contributed by atoms with Crippen molar-refractivity contribution in [1.29, 1.82) is 0 Å². The first-order valence-electron chi connectivity index (χ1n) is 8.65. The van der Waals surface area contributed by atoms with Gasteiger partial charge in [-0.3, -0.25) is 4.79 Å². The quantitative estimate of drug-likeness (QED) is 0.722. The van der Waals surface area contributed by atoms with Gasteiger partial charge in [0.05, 0.1) is 11.4 Å². The number of nitrogens with one attached hydrogen (secondary N) is 2. The molecule has 1 amide bonds. The molecule has 0 radical (unpaired) electrons. The zero-order valence-corrected chi connectivity index (χ0v) is 13.7. The maximum Gasteiger partial charge on any atom is 0.251 e. The minimum atomic E-state index is -0.0500. The van der Waals surface area contributed by atoms with Crippen LogP contribution in [0.3, 0.4) is 0 Å². The van der Waals surface area contributed by atoms with Crippen LogP contribution in [0.15, 0.2) is 18.2 Å². The molecule has 1 aliphatic rings. The molecule has 2 rings (SSSR count). The highest BCUT2D eigenvalue weighted by molar-refractivity contribution is 5.96. The highest BCUT2D eigenvalue weighted by atomic mass is 16.1. The maximum atomic E-state index is 12.0. The highest BCUT2D eigenvalue weighted by Crippen LogP contribution is 2.25. The Labute approximate surface area is 133 Å². The summed E-state index contributed by atoms with van der Waals surface area (Å²) in [4.78, 5) is 12.0. The van der Waals surface area contributed by atoms with E-state index >= 15 is 0 Å². The van der Waals surface area contributed by atoms with Crippen LogP contribution in [-0.4, -0.2) is 18.5 Å². The number of nitrogen functional groups attached to an aromatic ring is 1. The molecule has 0 saturated heterocycles. The van der Waals surface area contributed by atoms with E-state index in [1.807, 2.05) is 19.1 Å². The van der Waals surface area contributed by atoms with Crippen LogP contribution in [0.2, 0.25) is 0 Å². The minimum Gasteiger partial charge on any atom is -0.397 e. The van der Waals surface area contributed by atoms with Gasteiger partial charge in [0, 0.05) is 18.2 Å². The maximum absolute atomic E-state index is 12.0. The Morgan fingerprint density at radius 2 is 1.86 bits per heavy atom. The predicted molar refractivity (Wildman–Crippen MR) is 93.2 cm³/mol. The molecule has 0 aliphatic heterocycles. The van der Waals surface area contributed by atoms with Crippen molar-refractivity contribution < 1.29 is 4.79 Å². The van der Waals surface area contributed by atoms with Gasteiger partial charge in [0.25, 0.3) is 5.91 Å². The van der Waals surface area contributed by atoms with Crippen molar-refractivity contribution in [3.8, 4) is 0 Å². The molecule has 0 unspecified atom stereocenters. The fraction of sp³-hybridized carbons (Fsp3) is 0.611. The van der Waals surface area contributed by atoms with Crippen LogP contribution in [0, 0.1) is 0 Å². The molecule has 1 aromatic rings. The Morgan fingerprint density at radius 3 is 2.50 bits per heavy atom. The molecule has 0 spiro atoms. The number of carbonyl (C=O) groups is 1. The summed E-state index contributed by atoms with van der Waals surface area (Å²) in [5.41, 5.74) is 8.38. The Bertz CT molecular complexity index is 479. The molecule has 1 aromatic carbocycles. The Hall–Kier alpha value is -1.71. The van der Waals surface area contributed by atoms with Gasteiger partial charge >= 0.3 is 0 Å². The molecule has 4 N–H and O–H groups in total. The van der Waals surface area contributed by atoms with Crippen molar-refractivity contribution in [3.05, 3.63) is 23.8 Å². The number of benzene rings is 1. The fourth-order valence-electron chi connectivity index (χ4n) is 3.00. The summed E-state index contributed by atoms with van der Waals surface area (Å²) in [5, 5.41) is 6.45. The van der Waals surface area contributed by atoms with E-state index in [1.165, 1.54) is 44.9 Å². The summed E-state index contributed by atoms with van der Waals surface area (Å²) in [7, 11) is 0. The lowest BCUT2D eigenvalue weighted by Gasteiger charge is -2.23. The van der Waals surface area contributed by atoms with Crippen LogP contribution < -0.4 is 16.4 Å². The minimum absolute atomic E-state index is 0.0500. The molecule has 0 heterocycles. The number of nitrogens with two attached hydrogens (primary N) is 1. The molecule has 1 saturated carbocycles. The summed E-state index contributed by atoms with van der Waals surface area (Å²) in [5.74, 6) is -0.0500. The Morgan fingerprint density at radius 1 is 1.18 bits per heavy atom. The van der Waals surface area contributed by atoms with Gasteiger partial charge < -0.3 is 16.4 Å². The molecule has 4 nitrogen and oxygen atoms in total. The topological polar surface area (TPSA) is 67.2 Å². The first kappa shape index (κ1) is 16.7. The zero-order chi connectivity index (χ0) is 15.8. The van der Waals surface area contributed by atoms with E-state index in [2.05, 4.69) is 10.6 Å². The second kappa shape index (κ2) is 8.66. The molecule has 0 atom stereocenters. The molecule has 22 heavy (non-hydrogen) atoms. The average molecular weight is 303 g/mol. The third-order valence-electron chi connectivity index (χ3n) is 4.31. The van der Waals surface area contributed by atoms with Crippen LogP contribution in [0.5, 0.6) is 0 Å². The van der Waals surface area contributed by atoms with Crippen molar-refractivity contribution in [2.24, 2.45) is 0 Å². The van der Waals surface area contributed by atoms with E-state index in [1.54, 1.807) is 6.07 Å². The van der Waals surface area contributed by atoms with E-state index in [0.29, 0.717) is 23.8 Å². The lowest BCUT2D eigenvalue weighted by Crippen LogP contribution is -2.24. The van der Waals surface area contributed by atoms with Crippen LogP contribution in [0.25, 0.3) is 0 Å². The number of amides is 1. The van der Waals surface area contributed by atoms with E-state index in [-0.39, 0.29) is 5.91 Å². The smallest absolute Gasteiger partial charge is 0.251 e. The molecule has 4 heteroatoms. The zero-order valence-electron chi connectivity index (χ0n) is 13.7. The average Bonchev–Trinajstić information content (AvgIpc) is 2.49. The van der Waals surface area contributed by atoms with Gasteiger partial charge in [-0.05, 0) is 37.5 Å². The molecule has 0 bridgehead atoms. The van der Waals surface area contributed by atoms with Crippen molar-refractivity contribution in [2.75, 3.05) is 17.6 Å². The summed E-state index contributed by atoms with van der Waals surface area (Å²) in [6.45, 7) is 2.73. The lowest BCUT2D eigenvalue weighted by molar-refractivity contribution is 0.0953. The van der Waals surface area contributed by atoms with Gasteiger partial charge in [-0.2, -0.15) is 0 Å². The Kier molecular flexibility index (Phi) is 6.56. The molecule has 1 fully saturated rings. The second-order valence-corrected chi connectivity index (χ2v) is 6.24. The van der Waals surface area contributed by atoms with Crippen molar-refractivity contribution in [1.82, 2.24) is 5.32 Å². The summed E-state index contributed by atoms with van der Waals surface area (Å²) >= 11 is 0. The van der Waals surface area contributed by atoms with Gasteiger partial charge in [0.15, 0.2) is 0 Å². The number of carbonyl (C=O) groups excluding carboxylic acids is 1. The Balaban J connectivity index is 1.97. The first-order chi connectivity index (χ1) is 10.7. The monoisotopic (exact) mass is 303 g/mol. The third kappa shape index (κ3) is 4.93. The molecular formula is C18H29N3O. The summed E-state index contributed by atoms with van der Waals surface area (Å²) in [6.07, 6.45) is 9.97. The van der Waals surface area contributed by atoms with E-state index in [4.69, 9.17) is 5.73 Å². The molecule has 0 aromatic heterocycles. The second-order valence-electron chi connectivity index (χ2n) is 6.24. The van der Waals surface area contributed by atoms with Gasteiger partial charge in [0.2, 0.25) is 0 Å². The number of anilines is 2. The standard InChI is InChI=1S/C18H29N3O/c1-2-12-20-18(22)14-10-11-17(16(19)13-14)21-15-8-6-4-3-5-7-9-15/h10-11,13,15,21H,2-9,12,19H2,1H3,(H,20,22). The van der Waals surface area contributed by atoms with Gasteiger partial charge in [-0.15, -0.1) is 0 Å². The number of rotatable bonds is 5. The number of hydrogen-bond acceptors (Lipinski definition) is 3. The van der Waals surface area contributed by atoms with Crippen LogP contribution in [-0.2, 0) is 0 Å². The van der Waals surface area contributed by atoms with Crippen molar-refractivity contribution >= 4 is 17.3 Å². The number of hydrogen-bond donors (Lipinski definition) is 3. The molecule has 1 aliphatic carbocycles. The largest absolute Gasteiger partial charge is 0.397 e. The van der Waals surface area contributed by atoms with E-state index < -0.39 is 0 Å². The molecular weight excluding hydrogens is 274 g/mol.